The van der Waals surface area contributed by atoms with E-state index in [9.17, 15) is 9.59 Å². The molecule has 1 aromatic carbocycles. The number of hydrogen-bond acceptors (Lipinski definition) is 4. The van der Waals surface area contributed by atoms with Crippen molar-refractivity contribution in [3.05, 3.63) is 48.2 Å². The van der Waals surface area contributed by atoms with E-state index in [4.69, 9.17) is 0 Å². The maximum absolute atomic E-state index is 12.7. The topological polar surface area (TPSA) is 67.2 Å². The van der Waals surface area contributed by atoms with E-state index in [0.29, 0.717) is 0 Å². The third-order valence-corrected chi connectivity index (χ3v) is 5.30. The van der Waals surface area contributed by atoms with Gasteiger partial charge in [0.1, 0.15) is 5.82 Å². The van der Waals surface area contributed by atoms with Gasteiger partial charge in [0.05, 0.1) is 12.2 Å². The molecule has 6 heteroatoms. The van der Waals surface area contributed by atoms with Crippen LogP contribution < -0.4 is 5.32 Å². The Morgan fingerprint density at radius 3 is 2.37 bits per heavy atom. The van der Waals surface area contributed by atoms with Crippen molar-refractivity contribution in [3.63, 3.8) is 0 Å². The summed E-state index contributed by atoms with van der Waals surface area (Å²) in [5.74, 6) is 0.940. The number of piperidine rings is 1. The normalized spacial score (nSPS) is 17.0. The van der Waals surface area contributed by atoms with Crippen molar-refractivity contribution >= 4 is 17.5 Å². The monoisotopic (exact) mass is 368 g/mol. The van der Waals surface area contributed by atoms with Crippen LogP contribution in [0, 0.1) is 5.92 Å². The Morgan fingerprint density at radius 2 is 1.74 bits per heavy atom. The minimum Gasteiger partial charge on any atom is -0.310 e. The Bertz CT molecular complexity index is 776. The van der Waals surface area contributed by atoms with Crippen molar-refractivity contribution in [3.8, 4) is 0 Å². The zero-order chi connectivity index (χ0) is 19.4. The van der Waals surface area contributed by atoms with Gasteiger partial charge in [-0.1, -0.05) is 30.3 Å². The van der Waals surface area contributed by atoms with E-state index in [1.54, 1.807) is 10.9 Å². The average Bonchev–Trinajstić information content (AvgIpc) is 3.16. The molecule has 1 fully saturated rings. The van der Waals surface area contributed by atoms with E-state index in [2.05, 4.69) is 15.3 Å². The molecular formula is C21H28N4O2. The van der Waals surface area contributed by atoms with E-state index in [0.717, 1.165) is 37.3 Å². The van der Waals surface area contributed by atoms with E-state index >= 15 is 0 Å². The summed E-state index contributed by atoms with van der Waals surface area (Å²) in [5, 5.41) is 7.23. The number of likely N-dealkylation sites (tertiary alicyclic amines) is 1. The van der Waals surface area contributed by atoms with Crippen molar-refractivity contribution in [1.82, 2.24) is 14.7 Å². The first-order chi connectivity index (χ1) is 13.0. The highest BCUT2D eigenvalue weighted by molar-refractivity contribution is 5.98. The molecule has 1 aliphatic heterocycles. The van der Waals surface area contributed by atoms with E-state index in [1.807, 2.05) is 57.2 Å². The number of ketones is 1. The molecule has 0 unspecified atom stereocenters. The molecule has 0 bridgehead atoms. The highest BCUT2D eigenvalue weighted by atomic mass is 16.2. The van der Waals surface area contributed by atoms with Gasteiger partial charge >= 0.3 is 0 Å². The van der Waals surface area contributed by atoms with Crippen LogP contribution in [0.5, 0.6) is 0 Å². The number of hydrogen-bond donors (Lipinski definition) is 1. The lowest BCUT2D eigenvalue weighted by Crippen LogP contribution is -2.47. The summed E-state index contributed by atoms with van der Waals surface area (Å²) in [6.45, 7) is 7.48. The molecule has 144 valence electrons. The first kappa shape index (κ1) is 19.3. The number of nitrogens with one attached hydrogen (secondary N) is 1. The second-order valence-corrected chi connectivity index (χ2v) is 7.46. The first-order valence-electron chi connectivity index (χ1n) is 9.65. The van der Waals surface area contributed by atoms with Gasteiger partial charge in [-0.05, 0) is 46.7 Å². The van der Waals surface area contributed by atoms with Gasteiger partial charge in [-0.3, -0.25) is 14.5 Å². The number of benzene rings is 1. The molecule has 0 spiro atoms. The number of carbonyl (C=O) groups is 2. The third-order valence-electron chi connectivity index (χ3n) is 5.30. The van der Waals surface area contributed by atoms with Gasteiger partial charge in [-0.2, -0.15) is 5.10 Å². The Balaban J connectivity index is 1.55. The molecule has 0 radical (unpaired) electrons. The van der Waals surface area contributed by atoms with Crippen LogP contribution in [0.2, 0.25) is 0 Å². The quantitative estimate of drug-likeness (QED) is 0.794. The molecule has 1 saturated heterocycles. The Labute approximate surface area is 160 Å². The van der Waals surface area contributed by atoms with Crippen LogP contribution in [-0.4, -0.2) is 45.5 Å². The molecule has 6 nitrogen and oxygen atoms in total. The van der Waals surface area contributed by atoms with Gasteiger partial charge in [0.15, 0.2) is 5.78 Å². The molecule has 3 rings (SSSR count). The van der Waals surface area contributed by atoms with E-state index in [1.165, 1.54) is 0 Å². The lowest BCUT2D eigenvalue weighted by atomic mass is 9.88. The molecule has 2 heterocycles. The summed E-state index contributed by atoms with van der Waals surface area (Å²) in [6.07, 6.45) is 3.27. The maximum Gasteiger partial charge on any atom is 0.242 e. The van der Waals surface area contributed by atoms with Gasteiger partial charge < -0.3 is 5.32 Å². The summed E-state index contributed by atoms with van der Waals surface area (Å²) in [5.41, 5.74) is 0.781. The maximum atomic E-state index is 12.7. The Morgan fingerprint density at radius 1 is 1.07 bits per heavy atom. The highest BCUT2D eigenvalue weighted by Crippen LogP contribution is 2.23. The number of amides is 1. The van der Waals surface area contributed by atoms with Crippen LogP contribution in [-0.2, 0) is 4.79 Å². The smallest absolute Gasteiger partial charge is 0.242 e. The summed E-state index contributed by atoms with van der Waals surface area (Å²) >= 11 is 0. The van der Waals surface area contributed by atoms with E-state index in [-0.39, 0.29) is 29.7 Å². The average molecular weight is 368 g/mol. The molecule has 1 N–H and O–H groups in total. The number of nitrogens with zero attached hydrogens (tertiary/aromatic N) is 3. The van der Waals surface area contributed by atoms with Crippen molar-refractivity contribution in [2.45, 2.75) is 45.7 Å². The Hall–Kier alpha value is -2.47. The highest BCUT2D eigenvalue weighted by Gasteiger charge is 2.30. The molecule has 1 aliphatic rings. The number of carbonyl (C=O) groups excluding carboxylic acids is 2. The number of aromatic nitrogens is 2. The number of Topliss-reactive ketones (excluding diaryl/α,β-unsaturated/α-hetero) is 1. The second kappa shape index (κ2) is 8.48. The van der Waals surface area contributed by atoms with Gasteiger partial charge in [0.2, 0.25) is 5.91 Å². The van der Waals surface area contributed by atoms with Gasteiger partial charge in [-0.15, -0.1) is 0 Å². The molecule has 0 aliphatic carbocycles. The molecule has 1 amide bonds. The fourth-order valence-corrected chi connectivity index (χ4v) is 3.61. The van der Waals surface area contributed by atoms with Crippen molar-refractivity contribution < 1.29 is 9.59 Å². The SMILES string of the molecule is CC(C)n1nccc1NC(=O)[C@@H](C)N1CCC(C(=O)c2ccccc2)CC1. The summed E-state index contributed by atoms with van der Waals surface area (Å²) in [6, 6.07) is 11.2. The van der Waals surface area contributed by atoms with Crippen LogP contribution in [0.1, 0.15) is 50.0 Å². The predicted octanol–water partition coefficient (Wildman–Crippen LogP) is 3.39. The molecule has 27 heavy (non-hydrogen) atoms. The molecule has 0 saturated carbocycles. The first-order valence-corrected chi connectivity index (χ1v) is 9.65. The molecule has 2 aromatic rings. The standard InChI is InChI=1S/C21H28N4O2/c1-15(2)25-19(9-12-22-25)23-21(27)16(3)24-13-10-18(11-14-24)20(26)17-7-5-4-6-8-17/h4-9,12,15-16,18H,10-11,13-14H2,1-3H3,(H,23,27)/t16-/m1/s1. The number of rotatable bonds is 6. The zero-order valence-corrected chi connectivity index (χ0v) is 16.3. The Kier molecular flexibility index (Phi) is 6.06. The largest absolute Gasteiger partial charge is 0.310 e. The molecular weight excluding hydrogens is 340 g/mol. The summed E-state index contributed by atoms with van der Waals surface area (Å²) < 4.78 is 1.80. The van der Waals surface area contributed by atoms with Gasteiger partial charge in [0.25, 0.3) is 0 Å². The second-order valence-electron chi connectivity index (χ2n) is 7.46. The third kappa shape index (κ3) is 4.45. The van der Waals surface area contributed by atoms with Gasteiger partial charge in [-0.25, -0.2) is 4.68 Å². The summed E-state index contributed by atoms with van der Waals surface area (Å²) in [7, 11) is 0. The minimum atomic E-state index is -0.242. The lowest BCUT2D eigenvalue weighted by molar-refractivity contribution is -0.121. The fourth-order valence-electron chi connectivity index (χ4n) is 3.61. The predicted molar refractivity (Wildman–Crippen MR) is 106 cm³/mol. The van der Waals surface area contributed by atoms with E-state index < -0.39 is 0 Å². The molecule has 1 atom stereocenters. The van der Waals surface area contributed by atoms with Crippen LogP contribution >= 0.6 is 0 Å². The van der Waals surface area contributed by atoms with Crippen LogP contribution in [0.4, 0.5) is 5.82 Å². The van der Waals surface area contributed by atoms with Crippen molar-refractivity contribution in [2.24, 2.45) is 5.92 Å². The van der Waals surface area contributed by atoms with Crippen molar-refractivity contribution in [1.29, 1.82) is 0 Å². The number of anilines is 1. The zero-order valence-electron chi connectivity index (χ0n) is 16.3. The van der Waals surface area contributed by atoms with Crippen LogP contribution in [0.15, 0.2) is 42.6 Å². The minimum absolute atomic E-state index is 0.0368. The van der Waals surface area contributed by atoms with Gasteiger partial charge in [0, 0.05) is 23.6 Å². The fraction of sp³-hybridized carbons (Fsp3) is 0.476. The van der Waals surface area contributed by atoms with Crippen LogP contribution in [0.25, 0.3) is 0 Å². The summed E-state index contributed by atoms with van der Waals surface area (Å²) in [4.78, 5) is 27.4. The lowest BCUT2D eigenvalue weighted by Gasteiger charge is -2.34. The van der Waals surface area contributed by atoms with Crippen LogP contribution in [0.3, 0.4) is 0 Å². The molecule has 1 aromatic heterocycles. The van der Waals surface area contributed by atoms with Crippen molar-refractivity contribution in [2.75, 3.05) is 18.4 Å².